The highest BCUT2D eigenvalue weighted by atomic mass is 16.5. The number of unbranched alkanes of at least 4 members (excludes halogenated alkanes) is 4. The molecule has 1 aliphatic rings. The Morgan fingerprint density at radius 2 is 1.60 bits per heavy atom. The van der Waals surface area contributed by atoms with Gasteiger partial charge in [0.15, 0.2) is 11.7 Å². The van der Waals surface area contributed by atoms with Crippen LogP contribution in [0.2, 0.25) is 0 Å². The van der Waals surface area contributed by atoms with Gasteiger partial charge >= 0.3 is 0 Å². The summed E-state index contributed by atoms with van der Waals surface area (Å²) in [7, 11) is 0. The highest BCUT2D eigenvalue weighted by Gasteiger charge is 2.47. The fraction of sp³-hybridized carbons (Fsp3) is 0.474. The van der Waals surface area contributed by atoms with Crippen molar-refractivity contribution < 1.29 is 9.30 Å². The van der Waals surface area contributed by atoms with Crippen molar-refractivity contribution in [2.75, 3.05) is 0 Å². The summed E-state index contributed by atoms with van der Waals surface area (Å²) in [5.74, 6) is 6.33. The molecule has 2 aromatic carbocycles. The second-order valence-corrected chi connectivity index (χ2v) is 12.7. The van der Waals surface area contributed by atoms with Gasteiger partial charge in [-0.3, -0.25) is 0 Å². The van der Waals surface area contributed by atoms with Gasteiger partial charge < -0.3 is 10.6 Å². The molecule has 0 aliphatic carbocycles. The van der Waals surface area contributed by atoms with Crippen LogP contribution >= 0.6 is 0 Å². The van der Waals surface area contributed by atoms with E-state index in [2.05, 4.69) is 118 Å². The molecule has 2 N–H and O–H groups in total. The van der Waals surface area contributed by atoms with Crippen molar-refractivity contribution >= 4 is 11.5 Å². The van der Waals surface area contributed by atoms with Gasteiger partial charge in [-0.25, -0.2) is 0 Å². The molecule has 3 aromatic rings. The average molecular weight is 567 g/mol. The Bertz CT molecular complexity index is 1360. The van der Waals surface area contributed by atoms with Crippen LogP contribution in [0.15, 0.2) is 78.5 Å². The highest BCUT2D eigenvalue weighted by molar-refractivity contribution is 5.97. The van der Waals surface area contributed by atoms with Gasteiger partial charge in [0.1, 0.15) is 6.61 Å². The first-order chi connectivity index (χ1) is 20.3. The van der Waals surface area contributed by atoms with Crippen LogP contribution in [-0.4, -0.2) is 5.90 Å². The van der Waals surface area contributed by atoms with Crippen molar-refractivity contribution in [3.63, 3.8) is 0 Å². The van der Waals surface area contributed by atoms with Crippen LogP contribution in [0.4, 0.5) is 0 Å². The summed E-state index contributed by atoms with van der Waals surface area (Å²) in [6.45, 7) is 16.6. The second kappa shape index (κ2) is 14.2. The van der Waals surface area contributed by atoms with E-state index in [1.807, 2.05) is 0 Å². The summed E-state index contributed by atoms with van der Waals surface area (Å²) in [6.07, 6.45) is 14.3. The molecule has 0 radical (unpaired) electrons. The van der Waals surface area contributed by atoms with Crippen molar-refractivity contribution in [3.05, 3.63) is 95.7 Å². The van der Waals surface area contributed by atoms with E-state index in [-0.39, 0.29) is 11.0 Å². The maximum atomic E-state index is 6.21. The quantitative estimate of drug-likeness (QED) is 0.0528. The zero-order valence-electron chi connectivity index (χ0n) is 26.7. The van der Waals surface area contributed by atoms with Crippen LogP contribution in [-0.2, 0) is 22.3 Å². The first-order valence-electron chi connectivity index (χ1n) is 16.2. The zero-order valence-corrected chi connectivity index (χ0v) is 26.7. The Labute approximate surface area is 254 Å². The van der Waals surface area contributed by atoms with Crippen molar-refractivity contribution in [1.82, 2.24) is 0 Å². The van der Waals surface area contributed by atoms with Gasteiger partial charge in [-0.05, 0) is 59.6 Å². The third-order valence-corrected chi connectivity index (χ3v) is 9.21. The lowest BCUT2D eigenvalue weighted by Crippen LogP contribution is -2.59. The Morgan fingerprint density at radius 1 is 0.881 bits per heavy atom. The molecule has 0 fully saturated rings. The number of nitrogens with zero attached hydrogens (tertiary/aromatic N) is 2. The van der Waals surface area contributed by atoms with Crippen LogP contribution < -0.4 is 10.4 Å². The maximum absolute atomic E-state index is 6.21. The van der Waals surface area contributed by atoms with E-state index in [1.54, 1.807) is 0 Å². The number of hydrogen-bond acceptors (Lipinski definition) is 3. The molecule has 0 spiro atoms. The third kappa shape index (κ3) is 6.64. The number of pyridine rings is 1. The van der Waals surface area contributed by atoms with Crippen LogP contribution in [0.5, 0.6) is 0 Å². The molecule has 0 atom stereocenters. The predicted octanol–water partition coefficient (Wildman–Crippen LogP) is 9.44. The van der Waals surface area contributed by atoms with E-state index in [1.165, 1.54) is 60.9 Å². The minimum atomic E-state index is -0.105. The monoisotopic (exact) mass is 566 g/mol. The summed E-state index contributed by atoms with van der Waals surface area (Å²) < 4.78 is 8.66. The molecule has 42 heavy (non-hydrogen) atoms. The van der Waals surface area contributed by atoms with Gasteiger partial charge in [-0.2, -0.15) is 4.57 Å². The summed E-state index contributed by atoms with van der Waals surface area (Å²) in [4.78, 5) is 0. The van der Waals surface area contributed by atoms with Crippen LogP contribution in [0.25, 0.3) is 16.8 Å². The molecule has 224 valence electrons. The fourth-order valence-corrected chi connectivity index (χ4v) is 6.79. The van der Waals surface area contributed by atoms with E-state index in [4.69, 9.17) is 10.6 Å². The normalized spacial score (nSPS) is 14.4. The summed E-state index contributed by atoms with van der Waals surface area (Å²) in [5.41, 5.74) is 8.15. The molecule has 1 aliphatic heterocycles. The minimum absolute atomic E-state index is 0.105. The second-order valence-electron chi connectivity index (χ2n) is 12.7. The van der Waals surface area contributed by atoms with Crippen LogP contribution in [0.3, 0.4) is 0 Å². The Balaban J connectivity index is 1.50. The molecule has 0 unspecified atom stereocenters. The standard InChI is InChI=1S/C38H52N3O/c1-7-10-11-12-14-25-37(5,6)32-20-17-30(18-21-32)28-42-36(40-39)31-19-22-33-29(4)38(23-8-2,24-9-3)41-26-15-13-16-35(41)34(33)27-31/h13,15-22,26-27H,4,7-12,14,23-25,28,39H2,1-3,5-6H3/q+1. The molecule has 0 saturated carbocycles. The van der Waals surface area contributed by atoms with E-state index in [0.29, 0.717) is 12.5 Å². The number of allylic oxidation sites excluding steroid dienone is 1. The molecule has 0 bridgehead atoms. The largest absolute Gasteiger partial charge is 0.471 e. The lowest BCUT2D eigenvalue weighted by atomic mass is 9.73. The summed E-state index contributed by atoms with van der Waals surface area (Å²) in [6, 6.07) is 21.7. The van der Waals surface area contributed by atoms with E-state index >= 15 is 0 Å². The molecule has 4 rings (SSSR count). The van der Waals surface area contributed by atoms with Crippen molar-refractivity contribution in [2.24, 2.45) is 10.9 Å². The molecule has 0 amide bonds. The number of hydrazone groups is 1. The lowest BCUT2D eigenvalue weighted by Gasteiger charge is -2.36. The lowest BCUT2D eigenvalue weighted by molar-refractivity contribution is -0.742. The topological polar surface area (TPSA) is 51.5 Å². The highest BCUT2D eigenvalue weighted by Crippen LogP contribution is 2.45. The SMILES string of the molecule is C=C1c2ccc(C(=NN)OCc3ccc(C(C)(C)CCCCCCC)cc3)cc2-c2cccc[n+]2C1(CCC)CCC. The molecule has 4 nitrogen and oxygen atoms in total. The van der Waals surface area contributed by atoms with Crippen molar-refractivity contribution in [2.45, 2.75) is 116 Å². The first kappa shape index (κ1) is 31.5. The van der Waals surface area contributed by atoms with E-state index in [0.717, 1.165) is 42.4 Å². The van der Waals surface area contributed by atoms with Crippen molar-refractivity contribution in [1.29, 1.82) is 0 Å². The first-order valence-corrected chi connectivity index (χ1v) is 16.2. The zero-order chi connectivity index (χ0) is 30.2. The van der Waals surface area contributed by atoms with E-state index < -0.39 is 0 Å². The maximum Gasteiger partial charge on any atom is 0.238 e. The third-order valence-electron chi connectivity index (χ3n) is 9.21. The Kier molecular flexibility index (Phi) is 10.6. The Hall–Kier alpha value is -3.40. The molecule has 0 saturated heterocycles. The number of fused-ring (bicyclic) bond motifs is 3. The Morgan fingerprint density at radius 3 is 2.26 bits per heavy atom. The van der Waals surface area contributed by atoms with Gasteiger partial charge in [0, 0.05) is 36.1 Å². The van der Waals surface area contributed by atoms with Gasteiger partial charge in [0.25, 0.3) is 0 Å². The number of ether oxygens (including phenoxy) is 1. The predicted molar refractivity (Wildman–Crippen MR) is 177 cm³/mol. The number of hydrogen-bond donors (Lipinski definition) is 1. The number of benzene rings is 2. The molecular formula is C38H52N3O+. The number of nitrogens with two attached hydrogens (primary N) is 1. The molecule has 1 aromatic heterocycles. The smallest absolute Gasteiger partial charge is 0.238 e. The average Bonchev–Trinajstić information content (AvgIpc) is 3.00. The molecular weight excluding hydrogens is 514 g/mol. The minimum Gasteiger partial charge on any atom is -0.471 e. The fourth-order valence-electron chi connectivity index (χ4n) is 6.79. The van der Waals surface area contributed by atoms with Gasteiger partial charge in [0.05, 0.1) is 5.56 Å². The molecule has 4 heteroatoms. The van der Waals surface area contributed by atoms with Gasteiger partial charge in [-0.1, -0.05) is 104 Å². The van der Waals surface area contributed by atoms with Crippen LogP contribution in [0.1, 0.15) is 121 Å². The molecule has 2 heterocycles. The summed E-state index contributed by atoms with van der Waals surface area (Å²) in [5, 5.41) is 4.06. The van der Waals surface area contributed by atoms with Crippen LogP contribution in [0, 0.1) is 0 Å². The number of aromatic nitrogens is 1. The van der Waals surface area contributed by atoms with Gasteiger partial charge in [0.2, 0.25) is 11.6 Å². The van der Waals surface area contributed by atoms with Gasteiger partial charge in [-0.15, -0.1) is 5.10 Å². The summed E-state index contributed by atoms with van der Waals surface area (Å²) >= 11 is 0. The van der Waals surface area contributed by atoms with E-state index in [9.17, 15) is 0 Å². The number of rotatable bonds is 14. The van der Waals surface area contributed by atoms with Crippen molar-refractivity contribution in [3.8, 4) is 11.3 Å².